The molecule has 2 fully saturated rings. The summed E-state index contributed by atoms with van der Waals surface area (Å²) >= 11 is 12.4. The van der Waals surface area contributed by atoms with Crippen molar-refractivity contribution in [3.05, 3.63) is 58.2 Å². The molecule has 10 heteroatoms. The predicted molar refractivity (Wildman–Crippen MR) is 123 cm³/mol. The third-order valence-electron chi connectivity index (χ3n) is 6.25. The van der Waals surface area contributed by atoms with Crippen LogP contribution < -0.4 is 21.1 Å². The van der Waals surface area contributed by atoms with Gasteiger partial charge in [-0.25, -0.2) is 9.37 Å². The third-order valence-corrected chi connectivity index (χ3v) is 6.96. The summed E-state index contributed by atoms with van der Waals surface area (Å²) < 4.78 is 21.9. The molecule has 7 nitrogen and oxygen atoms in total. The highest BCUT2D eigenvalue weighted by atomic mass is 35.5. The zero-order valence-electron chi connectivity index (χ0n) is 17.4. The van der Waals surface area contributed by atoms with Gasteiger partial charge in [-0.05, 0) is 31.5 Å². The molecule has 4 heterocycles. The number of nitrogens with two attached hydrogens (primary N) is 1. The third kappa shape index (κ3) is 3.81. The number of ether oxygens (including phenoxy) is 1. The molecular weight excluding hydrogens is 454 g/mol. The van der Waals surface area contributed by atoms with Crippen LogP contribution in [0.1, 0.15) is 31.1 Å². The molecule has 1 aromatic carbocycles. The molecule has 0 saturated carbocycles. The van der Waals surface area contributed by atoms with Gasteiger partial charge in [0, 0.05) is 59.3 Å². The maximum Gasteiger partial charge on any atom is 0.166 e. The summed E-state index contributed by atoms with van der Waals surface area (Å²) in [6, 6.07) is 4.77. The van der Waals surface area contributed by atoms with Gasteiger partial charge in [0.1, 0.15) is 11.9 Å². The summed E-state index contributed by atoms with van der Waals surface area (Å²) in [5.74, 6) is 0.0203. The molecule has 0 bridgehead atoms. The average Bonchev–Trinajstić information content (AvgIpc) is 3.40. The Kier molecular flexibility index (Phi) is 5.49. The molecule has 32 heavy (non-hydrogen) atoms. The number of rotatable bonds is 5. The second-order valence-electron chi connectivity index (χ2n) is 8.46. The first-order valence-corrected chi connectivity index (χ1v) is 11.2. The van der Waals surface area contributed by atoms with E-state index in [1.54, 1.807) is 19.2 Å². The Hall–Kier alpha value is -2.39. The second-order valence-corrected chi connectivity index (χ2v) is 9.24. The van der Waals surface area contributed by atoms with Crippen molar-refractivity contribution in [1.29, 1.82) is 0 Å². The maximum atomic E-state index is 13.9. The number of halogens is 3. The first-order valence-electron chi connectivity index (χ1n) is 10.4. The fourth-order valence-electron chi connectivity index (χ4n) is 4.37. The summed E-state index contributed by atoms with van der Waals surface area (Å²) in [6.07, 6.45) is 5.91. The molecule has 2 aliphatic rings. The van der Waals surface area contributed by atoms with Crippen LogP contribution in [0.25, 0.3) is 11.1 Å². The van der Waals surface area contributed by atoms with Crippen molar-refractivity contribution in [3.8, 4) is 16.9 Å². The van der Waals surface area contributed by atoms with Gasteiger partial charge in [0.05, 0.1) is 17.3 Å². The molecule has 2 aliphatic heterocycles. The van der Waals surface area contributed by atoms with Gasteiger partial charge < -0.3 is 21.1 Å². The number of hydrogen-bond acceptors (Lipinski definition) is 6. The highest BCUT2D eigenvalue weighted by Crippen LogP contribution is 2.37. The monoisotopic (exact) mass is 476 g/mol. The number of aromatic nitrogens is 3. The Morgan fingerprint density at radius 1 is 1.28 bits per heavy atom. The van der Waals surface area contributed by atoms with Crippen LogP contribution in [0.3, 0.4) is 0 Å². The molecule has 168 valence electrons. The normalized spacial score (nSPS) is 20.3. The summed E-state index contributed by atoms with van der Waals surface area (Å²) in [6.45, 7) is 4.62. The van der Waals surface area contributed by atoms with Crippen LogP contribution in [0.5, 0.6) is 5.75 Å². The first kappa shape index (κ1) is 21.5. The van der Waals surface area contributed by atoms with Crippen molar-refractivity contribution in [1.82, 2.24) is 25.4 Å². The lowest BCUT2D eigenvalue weighted by Gasteiger charge is -2.39. The van der Waals surface area contributed by atoms with E-state index < -0.39 is 11.9 Å². The quantitative estimate of drug-likeness (QED) is 0.482. The molecule has 0 amide bonds. The van der Waals surface area contributed by atoms with Gasteiger partial charge in [0.15, 0.2) is 11.6 Å². The fraction of sp³-hybridized carbons (Fsp3) is 0.364. The minimum Gasteiger partial charge on any atom is -0.482 e. The number of hydrogen-bond donors (Lipinski definition) is 3. The van der Waals surface area contributed by atoms with Crippen molar-refractivity contribution >= 4 is 29.0 Å². The lowest BCUT2D eigenvalue weighted by atomic mass is 9.90. The van der Waals surface area contributed by atoms with Gasteiger partial charge in [-0.15, -0.1) is 0 Å². The van der Waals surface area contributed by atoms with Gasteiger partial charge in [-0.1, -0.05) is 23.2 Å². The van der Waals surface area contributed by atoms with Crippen molar-refractivity contribution in [2.45, 2.75) is 31.0 Å². The van der Waals surface area contributed by atoms with Crippen LogP contribution >= 0.6 is 23.2 Å². The minimum atomic E-state index is -0.635. The van der Waals surface area contributed by atoms with Crippen molar-refractivity contribution in [3.63, 3.8) is 0 Å². The zero-order valence-corrected chi connectivity index (χ0v) is 18.9. The molecule has 4 N–H and O–H groups in total. The largest absolute Gasteiger partial charge is 0.482 e. The molecule has 2 saturated heterocycles. The number of pyridine rings is 1. The molecular formula is C22H23Cl2FN6O. The Morgan fingerprint density at radius 2 is 2.09 bits per heavy atom. The fourth-order valence-corrected chi connectivity index (χ4v) is 5.05. The van der Waals surface area contributed by atoms with Crippen LogP contribution in [0, 0.1) is 5.82 Å². The maximum absolute atomic E-state index is 13.9. The summed E-state index contributed by atoms with van der Waals surface area (Å²) in [5, 5.41) is 11.8. The van der Waals surface area contributed by atoms with Crippen LogP contribution in [0.2, 0.25) is 10.0 Å². The summed E-state index contributed by atoms with van der Waals surface area (Å²) in [5.41, 5.74) is 8.33. The molecule has 5 rings (SSSR count). The Labute approximate surface area is 195 Å². The van der Waals surface area contributed by atoms with Gasteiger partial charge in [-0.3, -0.25) is 4.68 Å². The Balaban J connectivity index is 1.37. The highest BCUT2D eigenvalue weighted by molar-refractivity contribution is 6.36. The minimum absolute atomic E-state index is 0.0708. The van der Waals surface area contributed by atoms with Gasteiger partial charge in [0.25, 0.3) is 0 Å². The first-order chi connectivity index (χ1) is 15.3. The van der Waals surface area contributed by atoms with E-state index in [9.17, 15) is 4.39 Å². The molecule has 3 aromatic rings. The molecule has 0 aliphatic carbocycles. The predicted octanol–water partition coefficient (Wildman–Crippen LogP) is 3.99. The van der Waals surface area contributed by atoms with Gasteiger partial charge in [-0.2, -0.15) is 5.10 Å². The summed E-state index contributed by atoms with van der Waals surface area (Å²) in [7, 11) is 0. The zero-order chi connectivity index (χ0) is 22.5. The number of nitrogens with zero attached hydrogens (tertiary/aromatic N) is 3. The number of nitrogens with one attached hydrogen (secondary N) is 2. The van der Waals surface area contributed by atoms with E-state index in [2.05, 4.69) is 20.7 Å². The van der Waals surface area contributed by atoms with Gasteiger partial charge in [0.2, 0.25) is 0 Å². The van der Waals surface area contributed by atoms with E-state index in [1.165, 1.54) is 12.1 Å². The van der Waals surface area contributed by atoms with E-state index in [-0.39, 0.29) is 16.4 Å². The molecule has 0 radical (unpaired) electrons. The summed E-state index contributed by atoms with van der Waals surface area (Å²) in [4.78, 5) is 4.27. The van der Waals surface area contributed by atoms with Crippen molar-refractivity contribution in [2.75, 3.05) is 25.4 Å². The van der Waals surface area contributed by atoms with E-state index >= 15 is 0 Å². The standard InChI is InChI=1S/C22H23Cl2FN6O/c1-12(19-16(23)2-3-17(25)20(19)24)32-18-4-13(6-28-21(18)26)14-7-30-31(9-14)15-5-22(29-8-15)10-27-11-22/h2-4,6-7,9,12,15,27,29H,5,8,10-11H2,1H3,(H2,26,28). The molecule has 2 atom stereocenters. The molecule has 1 spiro atoms. The van der Waals surface area contributed by atoms with E-state index in [0.717, 1.165) is 37.2 Å². The number of benzene rings is 1. The SMILES string of the molecule is CC(Oc1cc(-c2cnn(C3CNC4(CNC4)C3)c2)cnc1N)c1c(Cl)ccc(F)c1Cl. The van der Waals surface area contributed by atoms with Crippen LogP contribution in [-0.4, -0.2) is 39.9 Å². The Bertz CT molecular complexity index is 1170. The lowest BCUT2D eigenvalue weighted by molar-refractivity contribution is 0.227. The molecule has 2 unspecified atom stereocenters. The van der Waals surface area contributed by atoms with Crippen molar-refractivity contribution in [2.24, 2.45) is 0 Å². The number of anilines is 1. The topological polar surface area (TPSA) is 90.0 Å². The second kappa shape index (κ2) is 8.19. The highest BCUT2D eigenvalue weighted by Gasteiger charge is 2.44. The lowest BCUT2D eigenvalue weighted by Crippen LogP contribution is -2.64. The van der Waals surface area contributed by atoms with Crippen LogP contribution in [-0.2, 0) is 0 Å². The smallest absolute Gasteiger partial charge is 0.166 e. The van der Waals surface area contributed by atoms with Crippen LogP contribution in [0.15, 0.2) is 36.8 Å². The number of nitrogen functional groups attached to an aromatic ring is 1. The van der Waals surface area contributed by atoms with Crippen molar-refractivity contribution < 1.29 is 9.13 Å². The average molecular weight is 477 g/mol. The van der Waals surface area contributed by atoms with E-state index in [4.69, 9.17) is 33.7 Å². The Morgan fingerprint density at radius 3 is 2.81 bits per heavy atom. The van der Waals surface area contributed by atoms with Gasteiger partial charge >= 0.3 is 0 Å². The van der Waals surface area contributed by atoms with E-state index in [0.29, 0.717) is 22.4 Å². The van der Waals surface area contributed by atoms with E-state index in [1.807, 2.05) is 17.1 Å². The molecule has 2 aromatic heterocycles. The van der Waals surface area contributed by atoms with Crippen LogP contribution in [0.4, 0.5) is 10.2 Å².